The van der Waals surface area contributed by atoms with Crippen molar-refractivity contribution in [3.05, 3.63) is 82.6 Å². The fourth-order valence-corrected chi connectivity index (χ4v) is 4.56. The number of pyridine rings is 1. The Balaban J connectivity index is 1.59. The summed E-state index contributed by atoms with van der Waals surface area (Å²) in [5.41, 5.74) is 0.118. The molecule has 1 fully saturated rings. The van der Waals surface area contributed by atoms with Crippen molar-refractivity contribution in [2.45, 2.75) is 50.6 Å². The third-order valence-corrected chi connectivity index (χ3v) is 6.64. The van der Waals surface area contributed by atoms with Crippen LogP contribution in [0.15, 0.2) is 60.8 Å². The molecular formula is C27H24ClF6N3O2. The number of hydrogen-bond donors (Lipinski definition) is 1. The minimum Gasteiger partial charge on any atom is -0.484 e. The second-order valence-electron chi connectivity index (χ2n) is 9.64. The maximum atomic E-state index is 12.9. The van der Waals surface area contributed by atoms with Gasteiger partial charge >= 0.3 is 12.4 Å². The van der Waals surface area contributed by atoms with Crippen LogP contribution >= 0.6 is 11.6 Å². The van der Waals surface area contributed by atoms with E-state index in [1.165, 1.54) is 18.2 Å². The van der Waals surface area contributed by atoms with Crippen molar-refractivity contribution in [3.8, 4) is 5.75 Å². The van der Waals surface area contributed by atoms with E-state index >= 15 is 0 Å². The predicted octanol–water partition coefficient (Wildman–Crippen LogP) is 7.91. The van der Waals surface area contributed by atoms with Gasteiger partial charge < -0.3 is 15.0 Å². The molecule has 12 heteroatoms. The number of anilines is 2. The zero-order chi connectivity index (χ0) is 28.6. The van der Waals surface area contributed by atoms with Crippen molar-refractivity contribution >= 4 is 28.9 Å². The third-order valence-electron chi connectivity index (χ3n) is 6.31. The lowest BCUT2D eigenvalue weighted by Crippen LogP contribution is -2.30. The van der Waals surface area contributed by atoms with Gasteiger partial charge in [-0.1, -0.05) is 29.8 Å². The second-order valence-corrected chi connectivity index (χ2v) is 10.0. The van der Waals surface area contributed by atoms with E-state index in [-0.39, 0.29) is 18.1 Å². The van der Waals surface area contributed by atoms with Gasteiger partial charge in [0.2, 0.25) is 5.91 Å². The maximum Gasteiger partial charge on any atom is 0.433 e. The number of halogens is 7. The molecule has 2 aromatic carbocycles. The number of nitrogens with one attached hydrogen (secondary N) is 1. The van der Waals surface area contributed by atoms with E-state index in [2.05, 4.69) is 10.3 Å². The number of ether oxygens (including phenoxy) is 1. The molecule has 1 aliphatic heterocycles. The normalized spacial score (nSPS) is 16.5. The van der Waals surface area contributed by atoms with Crippen molar-refractivity contribution in [3.63, 3.8) is 0 Å². The van der Waals surface area contributed by atoms with E-state index in [0.29, 0.717) is 33.9 Å². The highest BCUT2D eigenvalue weighted by Crippen LogP contribution is 2.41. The van der Waals surface area contributed by atoms with Crippen LogP contribution in [0.1, 0.15) is 49.6 Å². The predicted molar refractivity (Wildman–Crippen MR) is 135 cm³/mol. The van der Waals surface area contributed by atoms with Gasteiger partial charge in [0.1, 0.15) is 11.4 Å². The van der Waals surface area contributed by atoms with Crippen LogP contribution in [0.3, 0.4) is 0 Å². The number of nitrogens with zero attached hydrogens (tertiary/aromatic N) is 2. The number of carbonyl (C=O) groups is 1. The fourth-order valence-electron chi connectivity index (χ4n) is 4.40. The lowest BCUT2D eigenvalue weighted by Gasteiger charge is -2.30. The monoisotopic (exact) mass is 571 g/mol. The van der Waals surface area contributed by atoms with Crippen LogP contribution in [-0.4, -0.2) is 23.7 Å². The highest BCUT2D eigenvalue weighted by molar-refractivity contribution is 6.33. The first-order chi connectivity index (χ1) is 18.1. The number of amides is 1. The minimum atomic E-state index is -4.56. The molecule has 208 valence electrons. The Labute approximate surface area is 225 Å². The molecule has 1 amide bonds. The Morgan fingerprint density at radius 2 is 1.79 bits per heavy atom. The van der Waals surface area contributed by atoms with E-state index < -0.39 is 36.2 Å². The molecule has 3 aromatic rings. The van der Waals surface area contributed by atoms with Crippen LogP contribution in [0.25, 0.3) is 0 Å². The Morgan fingerprint density at radius 1 is 1.05 bits per heavy atom. The zero-order valence-corrected chi connectivity index (χ0v) is 21.6. The van der Waals surface area contributed by atoms with E-state index in [1.807, 2.05) is 0 Å². The SMILES string of the molecule is CC(C)(Nc1cc(N2C(=O)CCC2c2cccc(OCC(F)(F)F)c2)ccc1Cl)c1ccc(C(F)(F)F)nc1. The van der Waals surface area contributed by atoms with Gasteiger partial charge in [-0.3, -0.25) is 9.78 Å². The fraction of sp³-hybridized carbons (Fsp3) is 0.333. The molecule has 1 saturated heterocycles. The van der Waals surface area contributed by atoms with Gasteiger partial charge in [0, 0.05) is 18.3 Å². The van der Waals surface area contributed by atoms with Gasteiger partial charge in [-0.2, -0.15) is 26.3 Å². The molecule has 1 unspecified atom stereocenters. The highest BCUT2D eigenvalue weighted by atomic mass is 35.5. The number of rotatable bonds is 7. The molecule has 2 heterocycles. The molecule has 1 aliphatic rings. The number of alkyl halides is 6. The van der Waals surface area contributed by atoms with Crippen molar-refractivity contribution in [1.29, 1.82) is 0 Å². The van der Waals surface area contributed by atoms with Gasteiger partial charge in [0.25, 0.3) is 0 Å². The molecule has 0 radical (unpaired) electrons. The van der Waals surface area contributed by atoms with Crippen molar-refractivity contribution < 1.29 is 35.9 Å². The van der Waals surface area contributed by atoms with Gasteiger partial charge in [-0.25, -0.2) is 0 Å². The maximum absolute atomic E-state index is 12.9. The summed E-state index contributed by atoms with van der Waals surface area (Å²) in [6, 6.07) is 12.9. The first-order valence-corrected chi connectivity index (χ1v) is 12.2. The average Bonchev–Trinajstić information content (AvgIpc) is 3.24. The molecule has 39 heavy (non-hydrogen) atoms. The molecular weight excluding hydrogens is 548 g/mol. The average molecular weight is 572 g/mol. The first kappa shape index (κ1) is 28.5. The van der Waals surface area contributed by atoms with Crippen LogP contribution in [0, 0.1) is 0 Å². The number of benzene rings is 2. The van der Waals surface area contributed by atoms with Crippen molar-refractivity contribution in [2.75, 3.05) is 16.8 Å². The zero-order valence-electron chi connectivity index (χ0n) is 20.8. The molecule has 0 saturated carbocycles. The van der Waals surface area contributed by atoms with Gasteiger partial charge in [0.05, 0.1) is 22.3 Å². The Hall–Kier alpha value is -3.47. The quantitative estimate of drug-likeness (QED) is 0.293. The standard InChI is InChI=1S/C27H24ClF6N3O2/c1-25(2,17-6-10-23(35-14-17)27(32,33)34)36-21-13-18(7-8-20(21)28)37-22(9-11-24(37)38)16-4-3-5-19(12-16)39-15-26(29,30)31/h3-8,10,12-14,22,36H,9,11,15H2,1-2H3. The number of carbonyl (C=O) groups excluding carboxylic acids is 1. The number of aromatic nitrogens is 1. The van der Waals surface area contributed by atoms with Gasteiger partial charge in [-0.05, 0) is 67.8 Å². The molecule has 1 N–H and O–H groups in total. The van der Waals surface area contributed by atoms with Gasteiger partial charge in [-0.15, -0.1) is 0 Å². The molecule has 1 atom stereocenters. The highest BCUT2D eigenvalue weighted by Gasteiger charge is 2.35. The lowest BCUT2D eigenvalue weighted by atomic mass is 9.95. The summed E-state index contributed by atoms with van der Waals surface area (Å²) in [4.78, 5) is 18.0. The molecule has 0 spiro atoms. The Bertz CT molecular complexity index is 1340. The summed E-state index contributed by atoms with van der Waals surface area (Å²) in [6.07, 6.45) is -7.23. The molecule has 0 bridgehead atoms. The summed E-state index contributed by atoms with van der Waals surface area (Å²) in [7, 11) is 0. The first-order valence-electron chi connectivity index (χ1n) is 11.9. The van der Waals surface area contributed by atoms with Crippen LogP contribution in [0.4, 0.5) is 37.7 Å². The van der Waals surface area contributed by atoms with E-state index in [9.17, 15) is 31.1 Å². The molecule has 1 aromatic heterocycles. The van der Waals surface area contributed by atoms with Crippen LogP contribution in [0.5, 0.6) is 5.75 Å². The van der Waals surface area contributed by atoms with Crippen molar-refractivity contribution in [2.24, 2.45) is 0 Å². The summed E-state index contributed by atoms with van der Waals surface area (Å²) in [6.45, 7) is 2.06. The van der Waals surface area contributed by atoms with Gasteiger partial charge in [0.15, 0.2) is 6.61 Å². The largest absolute Gasteiger partial charge is 0.484 e. The Kier molecular flexibility index (Phi) is 7.75. The minimum absolute atomic E-state index is 0.0366. The van der Waals surface area contributed by atoms with Crippen LogP contribution < -0.4 is 15.0 Å². The summed E-state index contributed by atoms with van der Waals surface area (Å²) < 4.78 is 81.4. The number of hydrogen-bond acceptors (Lipinski definition) is 4. The smallest absolute Gasteiger partial charge is 0.433 e. The Morgan fingerprint density at radius 3 is 2.44 bits per heavy atom. The second kappa shape index (κ2) is 10.6. The lowest BCUT2D eigenvalue weighted by molar-refractivity contribution is -0.153. The van der Waals surface area contributed by atoms with E-state index in [0.717, 1.165) is 12.3 Å². The summed E-state index contributed by atoms with van der Waals surface area (Å²) in [5, 5.41) is 3.53. The summed E-state index contributed by atoms with van der Waals surface area (Å²) in [5.74, 6) is -0.143. The third kappa shape index (κ3) is 6.76. The van der Waals surface area contributed by atoms with E-state index in [4.69, 9.17) is 16.3 Å². The van der Waals surface area contributed by atoms with Crippen molar-refractivity contribution in [1.82, 2.24) is 4.98 Å². The topological polar surface area (TPSA) is 54.5 Å². The molecule has 0 aliphatic carbocycles. The van der Waals surface area contributed by atoms with Crippen LogP contribution in [0.2, 0.25) is 5.02 Å². The summed E-state index contributed by atoms with van der Waals surface area (Å²) >= 11 is 6.42. The molecule has 4 rings (SSSR count). The van der Waals surface area contributed by atoms with Crippen LogP contribution in [-0.2, 0) is 16.5 Å². The van der Waals surface area contributed by atoms with E-state index in [1.54, 1.807) is 49.1 Å². The molecule has 5 nitrogen and oxygen atoms in total.